The molecule has 0 bridgehead atoms. The van der Waals surface area contributed by atoms with E-state index in [-0.39, 0.29) is 18.8 Å². The lowest BCUT2D eigenvalue weighted by atomic mass is 9.96. The van der Waals surface area contributed by atoms with Crippen molar-refractivity contribution in [1.29, 1.82) is 0 Å². The molecule has 1 rings (SSSR count). The number of hydrogen-bond acceptors (Lipinski definition) is 4. The van der Waals surface area contributed by atoms with Crippen LogP contribution in [-0.2, 0) is 14.2 Å². The van der Waals surface area contributed by atoms with E-state index in [1.54, 1.807) is 7.11 Å². The summed E-state index contributed by atoms with van der Waals surface area (Å²) in [5, 5.41) is 2.74. The summed E-state index contributed by atoms with van der Waals surface area (Å²) in [4.78, 5) is 12.0. The van der Waals surface area contributed by atoms with Crippen LogP contribution in [0.1, 0.15) is 38.9 Å². The fraction of sp³-hybridized carbons (Fsp3) is 0.588. The molecule has 0 spiro atoms. The standard InChI is InChI=1S/C17H26INO4/c1-5-10-19-17(20)23-15(12(2)3)16(22-11-21-4)13-8-6-7-9-14(13)18/h6-9,12,15-16H,5,10-11H2,1-4H3,(H,19,20)/t15-,16-/m0/s1. The second-order valence-corrected chi connectivity index (χ2v) is 6.72. The molecule has 0 aliphatic heterocycles. The third-order valence-electron chi connectivity index (χ3n) is 3.30. The van der Waals surface area contributed by atoms with E-state index in [0.29, 0.717) is 6.54 Å². The Morgan fingerprint density at radius 1 is 1.30 bits per heavy atom. The number of rotatable bonds is 9. The zero-order valence-corrected chi connectivity index (χ0v) is 16.3. The number of carbonyl (C=O) groups is 1. The Morgan fingerprint density at radius 3 is 2.57 bits per heavy atom. The van der Waals surface area contributed by atoms with Crippen LogP contribution >= 0.6 is 22.6 Å². The summed E-state index contributed by atoms with van der Waals surface area (Å²) >= 11 is 2.26. The Labute approximate surface area is 152 Å². The molecule has 0 aromatic heterocycles. The second-order valence-electron chi connectivity index (χ2n) is 5.56. The summed E-state index contributed by atoms with van der Waals surface area (Å²) in [6.07, 6.45) is -0.336. The van der Waals surface area contributed by atoms with Crippen molar-refractivity contribution in [2.75, 3.05) is 20.4 Å². The van der Waals surface area contributed by atoms with Gasteiger partial charge in [-0.3, -0.25) is 0 Å². The molecule has 0 heterocycles. The van der Waals surface area contributed by atoms with Gasteiger partial charge in [-0.15, -0.1) is 0 Å². The van der Waals surface area contributed by atoms with Crippen molar-refractivity contribution in [2.24, 2.45) is 5.92 Å². The molecule has 2 atom stereocenters. The van der Waals surface area contributed by atoms with Crippen molar-refractivity contribution in [3.8, 4) is 0 Å². The predicted octanol–water partition coefficient (Wildman–Crippen LogP) is 4.11. The molecule has 1 N–H and O–H groups in total. The molecule has 0 saturated carbocycles. The Balaban J connectivity index is 2.99. The maximum absolute atomic E-state index is 12.0. The van der Waals surface area contributed by atoms with Gasteiger partial charge in [-0.05, 0) is 46.6 Å². The summed E-state index contributed by atoms with van der Waals surface area (Å²) in [5.41, 5.74) is 0.993. The molecule has 6 heteroatoms. The van der Waals surface area contributed by atoms with Gasteiger partial charge in [0.15, 0.2) is 0 Å². The highest BCUT2D eigenvalue weighted by atomic mass is 127. The first kappa shape index (κ1) is 20.2. The average Bonchev–Trinajstić information content (AvgIpc) is 2.53. The minimum Gasteiger partial charge on any atom is -0.443 e. The minimum absolute atomic E-state index is 0.0974. The number of benzene rings is 1. The smallest absolute Gasteiger partial charge is 0.407 e. The van der Waals surface area contributed by atoms with Crippen LogP contribution in [0, 0.1) is 9.49 Å². The Morgan fingerprint density at radius 2 is 2.00 bits per heavy atom. The number of methoxy groups -OCH3 is 1. The van der Waals surface area contributed by atoms with Crippen molar-refractivity contribution in [3.05, 3.63) is 33.4 Å². The molecule has 0 unspecified atom stereocenters. The van der Waals surface area contributed by atoms with Crippen LogP contribution in [0.2, 0.25) is 0 Å². The topological polar surface area (TPSA) is 56.8 Å². The van der Waals surface area contributed by atoms with E-state index in [1.807, 2.05) is 45.0 Å². The van der Waals surface area contributed by atoms with Gasteiger partial charge >= 0.3 is 6.09 Å². The zero-order chi connectivity index (χ0) is 17.2. The number of alkyl carbamates (subject to hydrolysis) is 1. The SMILES string of the molecule is CCCNC(=O)O[C@@H](C(C)C)[C@@H](OCOC)c1ccccc1I. The van der Waals surface area contributed by atoms with Crippen molar-refractivity contribution in [2.45, 2.75) is 39.4 Å². The van der Waals surface area contributed by atoms with Gasteiger partial charge in [-0.1, -0.05) is 39.0 Å². The molecule has 1 aromatic rings. The zero-order valence-electron chi connectivity index (χ0n) is 14.2. The lowest BCUT2D eigenvalue weighted by molar-refractivity contribution is -0.126. The lowest BCUT2D eigenvalue weighted by Crippen LogP contribution is -2.37. The lowest BCUT2D eigenvalue weighted by Gasteiger charge is -2.30. The van der Waals surface area contributed by atoms with Gasteiger partial charge in [0.25, 0.3) is 0 Å². The third-order valence-corrected chi connectivity index (χ3v) is 4.28. The molecule has 0 radical (unpaired) electrons. The summed E-state index contributed by atoms with van der Waals surface area (Å²) in [6.45, 7) is 6.75. The van der Waals surface area contributed by atoms with Gasteiger partial charge < -0.3 is 19.5 Å². The Bertz CT molecular complexity index is 481. The van der Waals surface area contributed by atoms with Gasteiger partial charge in [0.1, 0.15) is 19.0 Å². The van der Waals surface area contributed by atoms with Crippen LogP contribution in [0.3, 0.4) is 0 Å². The summed E-state index contributed by atoms with van der Waals surface area (Å²) in [7, 11) is 1.58. The van der Waals surface area contributed by atoms with Crippen LogP contribution in [0.15, 0.2) is 24.3 Å². The van der Waals surface area contributed by atoms with E-state index in [0.717, 1.165) is 15.6 Å². The first-order chi connectivity index (χ1) is 11.0. The molecular formula is C17H26INO4. The highest BCUT2D eigenvalue weighted by Crippen LogP contribution is 2.31. The fourth-order valence-corrected chi connectivity index (χ4v) is 2.84. The summed E-state index contributed by atoms with van der Waals surface area (Å²) in [5.74, 6) is 0.0974. The van der Waals surface area contributed by atoms with Crippen LogP contribution in [0.25, 0.3) is 0 Å². The number of hydrogen-bond donors (Lipinski definition) is 1. The van der Waals surface area contributed by atoms with Gasteiger partial charge in [0.05, 0.1) is 0 Å². The maximum atomic E-state index is 12.0. The molecule has 0 saturated heterocycles. The highest BCUT2D eigenvalue weighted by molar-refractivity contribution is 14.1. The third kappa shape index (κ3) is 6.64. The number of halogens is 1. The first-order valence-electron chi connectivity index (χ1n) is 7.80. The highest BCUT2D eigenvalue weighted by Gasteiger charge is 2.31. The molecule has 5 nitrogen and oxygen atoms in total. The number of ether oxygens (including phenoxy) is 3. The molecule has 0 aliphatic rings. The Kier molecular flexibility index (Phi) is 9.50. The summed E-state index contributed by atoms with van der Waals surface area (Å²) in [6, 6.07) is 7.92. The second kappa shape index (κ2) is 10.8. The van der Waals surface area contributed by atoms with E-state index < -0.39 is 12.2 Å². The van der Waals surface area contributed by atoms with E-state index in [9.17, 15) is 4.79 Å². The van der Waals surface area contributed by atoms with E-state index in [4.69, 9.17) is 14.2 Å². The first-order valence-corrected chi connectivity index (χ1v) is 8.88. The van der Waals surface area contributed by atoms with Crippen LogP contribution in [0.5, 0.6) is 0 Å². The number of amides is 1. The normalized spacial score (nSPS) is 13.7. The van der Waals surface area contributed by atoms with Gasteiger partial charge in [-0.2, -0.15) is 0 Å². The monoisotopic (exact) mass is 435 g/mol. The molecule has 23 heavy (non-hydrogen) atoms. The van der Waals surface area contributed by atoms with Crippen molar-refractivity contribution >= 4 is 28.7 Å². The average molecular weight is 435 g/mol. The number of carbonyl (C=O) groups excluding carboxylic acids is 1. The van der Waals surface area contributed by atoms with E-state index >= 15 is 0 Å². The van der Waals surface area contributed by atoms with Gasteiger partial charge in [-0.25, -0.2) is 4.79 Å². The quantitative estimate of drug-likeness (QED) is 0.469. The summed E-state index contributed by atoms with van der Waals surface area (Å²) < 4.78 is 17.6. The molecule has 1 amide bonds. The van der Waals surface area contributed by atoms with Crippen molar-refractivity contribution in [3.63, 3.8) is 0 Å². The van der Waals surface area contributed by atoms with Gasteiger partial charge in [0, 0.05) is 17.2 Å². The molecule has 1 aromatic carbocycles. The van der Waals surface area contributed by atoms with Crippen molar-refractivity contribution in [1.82, 2.24) is 5.32 Å². The van der Waals surface area contributed by atoms with E-state index in [2.05, 4.69) is 27.9 Å². The Hall–Kier alpha value is -0.860. The van der Waals surface area contributed by atoms with Crippen LogP contribution in [0.4, 0.5) is 4.79 Å². The largest absolute Gasteiger partial charge is 0.443 e. The van der Waals surface area contributed by atoms with Crippen molar-refractivity contribution < 1.29 is 19.0 Å². The van der Waals surface area contributed by atoms with Crippen LogP contribution < -0.4 is 5.32 Å². The molecule has 0 aliphatic carbocycles. The fourth-order valence-electron chi connectivity index (χ4n) is 2.15. The molecule has 130 valence electrons. The van der Waals surface area contributed by atoms with Gasteiger partial charge in [0.2, 0.25) is 0 Å². The predicted molar refractivity (Wildman–Crippen MR) is 98.3 cm³/mol. The number of nitrogens with one attached hydrogen (secondary N) is 1. The minimum atomic E-state index is -0.414. The van der Waals surface area contributed by atoms with E-state index in [1.165, 1.54) is 0 Å². The molecular weight excluding hydrogens is 409 g/mol. The molecule has 0 fully saturated rings. The van der Waals surface area contributed by atoms with Crippen LogP contribution in [-0.4, -0.2) is 32.6 Å². The maximum Gasteiger partial charge on any atom is 0.407 e.